The SMILES string of the molecule is CCn1c(=O)c2c(nc(SCC(=O)OC3CCCCC3)n2C)n(C)c1=O. The predicted molar refractivity (Wildman–Crippen MR) is 99.6 cm³/mol. The number of carbonyl (C=O) groups is 1. The van der Waals surface area contributed by atoms with Gasteiger partial charge in [-0.05, 0) is 32.6 Å². The minimum Gasteiger partial charge on any atom is -0.462 e. The summed E-state index contributed by atoms with van der Waals surface area (Å²) in [6.45, 7) is 2.05. The lowest BCUT2D eigenvalue weighted by Crippen LogP contribution is -2.39. The number of imidazole rings is 1. The van der Waals surface area contributed by atoms with Crippen molar-refractivity contribution in [1.82, 2.24) is 18.7 Å². The number of aromatic nitrogens is 4. The Balaban J connectivity index is 1.80. The summed E-state index contributed by atoms with van der Waals surface area (Å²) in [5, 5.41) is 0.515. The molecule has 0 bridgehead atoms. The molecule has 1 aliphatic rings. The van der Waals surface area contributed by atoms with Crippen molar-refractivity contribution in [2.24, 2.45) is 14.1 Å². The molecule has 0 amide bonds. The first-order valence-corrected chi connectivity index (χ1v) is 9.91. The number of hydrogen-bond donors (Lipinski definition) is 0. The van der Waals surface area contributed by atoms with Crippen molar-refractivity contribution in [3.8, 4) is 0 Å². The largest absolute Gasteiger partial charge is 0.462 e. The topological polar surface area (TPSA) is 88.1 Å². The predicted octanol–water partition coefficient (Wildman–Crippen LogP) is 1.42. The molecule has 3 rings (SSSR count). The van der Waals surface area contributed by atoms with Crippen molar-refractivity contribution in [2.75, 3.05) is 5.75 Å². The number of thioether (sulfide) groups is 1. The smallest absolute Gasteiger partial charge is 0.332 e. The van der Waals surface area contributed by atoms with Crippen molar-refractivity contribution in [2.45, 2.75) is 56.8 Å². The van der Waals surface area contributed by atoms with Gasteiger partial charge in [-0.25, -0.2) is 9.78 Å². The Bertz CT molecular complexity index is 937. The first kappa shape index (κ1) is 18.8. The first-order chi connectivity index (χ1) is 12.4. The molecule has 2 aromatic rings. The van der Waals surface area contributed by atoms with Gasteiger partial charge in [0.05, 0.1) is 5.75 Å². The molecule has 9 heteroatoms. The van der Waals surface area contributed by atoms with Gasteiger partial charge in [-0.15, -0.1) is 0 Å². The summed E-state index contributed by atoms with van der Waals surface area (Å²) in [6.07, 6.45) is 5.30. The summed E-state index contributed by atoms with van der Waals surface area (Å²) in [6, 6.07) is 0. The number of hydrogen-bond acceptors (Lipinski definition) is 6. The highest BCUT2D eigenvalue weighted by molar-refractivity contribution is 7.99. The minimum atomic E-state index is -0.392. The third-order valence-electron chi connectivity index (χ3n) is 4.80. The summed E-state index contributed by atoms with van der Waals surface area (Å²) in [4.78, 5) is 41.3. The molecule has 1 aliphatic carbocycles. The molecule has 8 nitrogen and oxygen atoms in total. The Morgan fingerprint density at radius 1 is 1.19 bits per heavy atom. The second kappa shape index (κ2) is 7.69. The molecule has 1 fully saturated rings. The Morgan fingerprint density at radius 3 is 2.54 bits per heavy atom. The van der Waals surface area contributed by atoms with Crippen molar-refractivity contribution in [3.05, 3.63) is 20.8 Å². The van der Waals surface area contributed by atoms with Gasteiger partial charge in [0, 0.05) is 20.6 Å². The third-order valence-corrected chi connectivity index (χ3v) is 5.81. The Morgan fingerprint density at radius 2 is 1.88 bits per heavy atom. The number of ether oxygens (including phenoxy) is 1. The lowest BCUT2D eigenvalue weighted by Gasteiger charge is -2.21. The summed E-state index contributed by atoms with van der Waals surface area (Å²) in [5.74, 6) is -0.141. The van der Waals surface area contributed by atoms with E-state index in [1.54, 1.807) is 25.6 Å². The van der Waals surface area contributed by atoms with Crippen LogP contribution in [-0.4, -0.2) is 36.5 Å². The fourth-order valence-electron chi connectivity index (χ4n) is 3.36. The van der Waals surface area contributed by atoms with Crippen LogP contribution in [0.1, 0.15) is 39.0 Å². The van der Waals surface area contributed by atoms with Crippen LogP contribution in [0.4, 0.5) is 0 Å². The van der Waals surface area contributed by atoms with E-state index in [2.05, 4.69) is 4.98 Å². The maximum atomic E-state index is 12.6. The average molecular weight is 380 g/mol. The highest BCUT2D eigenvalue weighted by Gasteiger charge is 2.21. The molecule has 1 saturated carbocycles. The van der Waals surface area contributed by atoms with E-state index in [0.717, 1.165) is 25.7 Å². The zero-order valence-electron chi connectivity index (χ0n) is 15.4. The molecule has 0 aliphatic heterocycles. The van der Waals surface area contributed by atoms with Gasteiger partial charge in [0.25, 0.3) is 5.56 Å². The summed E-state index contributed by atoms with van der Waals surface area (Å²) < 4.78 is 9.70. The fourth-order valence-corrected chi connectivity index (χ4v) is 4.11. The number of carbonyl (C=O) groups excluding carboxylic acids is 1. The van der Waals surface area contributed by atoms with Crippen LogP contribution in [0.3, 0.4) is 0 Å². The zero-order chi connectivity index (χ0) is 18.8. The van der Waals surface area contributed by atoms with E-state index in [1.807, 2.05) is 0 Å². The van der Waals surface area contributed by atoms with Crippen molar-refractivity contribution < 1.29 is 9.53 Å². The number of rotatable bonds is 5. The summed E-state index contributed by atoms with van der Waals surface area (Å²) in [5.41, 5.74) is -0.0685. The summed E-state index contributed by atoms with van der Waals surface area (Å²) >= 11 is 1.22. The van der Waals surface area contributed by atoms with E-state index in [0.29, 0.717) is 22.9 Å². The second-order valence-electron chi connectivity index (χ2n) is 6.56. The number of fused-ring (bicyclic) bond motifs is 1. The maximum absolute atomic E-state index is 12.6. The molecule has 26 heavy (non-hydrogen) atoms. The fraction of sp³-hybridized carbons (Fsp3) is 0.647. The standard InChI is InChI=1S/C17H24N4O4S/c1-4-21-15(23)13-14(20(3)17(21)24)18-16(19(13)2)26-10-12(22)25-11-8-6-5-7-9-11/h11H,4-10H2,1-3H3. The van der Waals surface area contributed by atoms with E-state index in [9.17, 15) is 14.4 Å². The highest BCUT2D eigenvalue weighted by atomic mass is 32.2. The average Bonchev–Trinajstić information content (AvgIpc) is 2.96. The van der Waals surface area contributed by atoms with E-state index in [-0.39, 0.29) is 23.4 Å². The van der Waals surface area contributed by atoms with Crippen molar-refractivity contribution in [1.29, 1.82) is 0 Å². The normalized spacial score (nSPS) is 15.5. The molecular weight excluding hydrogens is 356 g/mol. The van der Waals surface area contributed by atoms with Crippen LogP contribution in [0.2, 0.25) is 0 Å². The van der Waals surface area contributed by atoms with Gasteiger partial charge < -0.3 is 9.30 Å². The third kappa shape index (κ3) is 3.44. The molecule has 0 unspecified atom stereocenters. The van der Waals surface area contributed by atoms with E-state index in [4.69, 9.17) is 4.74 Å². The van der Waals surface area contributed by atoms with E-state index < -0.39 is 5.69 Å². The van der Waals surface area contributed by atoms with Crippen LogP contribution in [0.25, 0.3) is 11.2 Å². The quantitative estimate of drug-likeness (QED) is 0.576. The van der Waals surface area contributed by atoms with Crippen LogP contribution in [-0.2, 0) is 30.2 Å². The first-order valence-electron chi connectivity index (χ1n) is 8.92. The Hall–Kier alpha value is -2.03. The monoisotopic (exact) mass is 380 g/mol. The lowest BCUT2D eigenvalue weighted by molar-refractivity contribution is -0.147. The molecule has 0 N–H and O–H groups in total. The number of aryl methyl sites for hydroxylation is 2. The van der Waals surface area contributed by atoms with Gasteiger partial charge in [0.2, 0.25) is 0 Å². The molecule has 0 atom stereocenters. The van der Waals surface area contributed by atoms with Crippen LogP contribution >= 0.6 is 11.8 Å². The van der Waals surface area contributed by atoms with Gasteiger partial charge in [-0.3, -0.25) is 18.7 Å². The Kier molecular flexibility index (Phi) is 5.55. The molecule has 2 aromatic heterocycles. The molecule has 0 radical (unpaired) electrons. The second-order valence-corrected chi connectivity index (χ2v) is 7.50. The molecule has 142 valence electrons. The van der Waals surface area contributed by atoms with Crippen LogP contribution in [0.5, 0.6) is 0 Å². The molecule has 0 spiro atoms. The minimum absolute atomic E-state index is 0.0230. The van der Waals surface area contributed by atoms with Crippen LogP contribution in [0, 0.1) is 0 Å². The van der Waals surface area contributed by atoms with Gasteiger partial charge in [0.15, 0.2) is 16.3 Å². The molecule has 2 heterocycles. The lowest BCUT2D eigenvalue weighted by atomic mass is 9.98. The molecule has 0 aromatic carbocycles. The van der Waals surface area contributed by atoms with Gasteiger partial charge >= 0.3 is 11.7 Å². The highest BCUT2D eigenvalue weighted by Crippen LogP contribution is 2.23. The van der Waals surface area contributed by atoms with Gasteiger partial charge in [-0.1, -0.05) is 18.2 Å². The number of esters is 1. The van der Waals surface area contributed by atoms with Crippen molar-refractivity contribution >= 4 is 28.9 Å². The number of nitrogens with zero attached hydrogens (tertiary/aromatic N) is 4. The maximum Gasteiger partial charge on any atom is 0.332 e. The molecular formula is C17H24N4O4S. The van der Waals surface area contributed by atoms with Crippen molar-refractivity contribution in [3.63, 3.8) is 0 Å². The Labute approximate surface area is 155 Å². The van der Waals surface area contributed by atoms with Crippen LogP contribution in [0.15, 0.2) is 14.7 Å². The van der Waals surface area contributed by atoms with E-state index >= 15 is 0 Å². The van der Waals surface area contributed by atoms with Crippen LogP contribution < -0.4 is 11.2 Å². The molecule has 0 saturated heterocycles. The van der Waals surface area contributed by atoms with E-state index in [1.165, 1.54) is 27.3 Å². The van der Waals surface area contributed by atoms with Gasteiger partial charge in [0.1, 0.15) is 6.10 Å². The zero-order valence-corrected chi connectivity index (χ0v) is 16.2. The summed E-state index contributed by atoms with van der Waals surface area (Å²) in [7, 11) is 3.31. The van der Waals surface area contributed by atoms with Gasteiger partial charge in [-0.2, -0.15) is 0 Å².